The summed E-state index contributed by atoms with van der Waals surface area (Å²) in [7, 11) is 0. The van der Waals surface area contributed by atoms with Gasteiger partial charge in [0.25, 0.3) is 0 Å². The van der Waals surface area contributed by atoms with Crippen LogP contribution in [0.1, 0.15) is 37.7 Å². The highest BCUT2D eigenvalue weighted by Crippen LogP contribution is 2.28. The SMILES string of the molecule is OCC1(NCCCc2ccccc2)CCCC1. The van der Waals surface area contributed by atoms with Gasteiger partial charge in [-0.1, -0.05) is 43.2 Å². The van der Waals surface area contributed by atoms with Crippen molar-refractivity contribution in [3.05, 3.63) is 35.9 Å². The van der Waals surface area contributed by atoms with Crippen molar-refractivity contribution < 1.29 is 5.11 Å². The molecule has 1 saturated carbocycles. The summed E-state index contributed by atoms with van der Waals surface area (Å²) in [5.74, 6) is 0. The first-order valence-electron chi connectivity index (χ1n) is 6.74. The number of rotatable bonds is 6. The molecule has 1 aliphatic rings. The molecule has 0 unspecified atom stereocenters. The number of aliphatic hydroxyl groups excluding tert-OH is 1. The fraction of sp³-hybridized carbons (Fsp3) is 0.600. The molecule has 0 amide bonds. The molecule has 0 bridgehead atoms. The van der Waals surface area contributed by atoms with Crippen LogP contribution in [0, 0.1) is 0 Å². The van der Waals surface area contributed by atoms with Crippen molar-refractivity contribution in [2.24, 2.45) is 0 Å². The maximum atomic E-state index is 9.47. The topological polar surface area (TPSA) is 32.3 Å². The van der Waals surface area contributed by atoms with Gasteiger partial charge in [-0.15, -0.1) is 0 Å². The third-order valence-corrected chi connectivity index (χ3v) is 3.85. The molecule has 1 aromatic rings. The van der Waals surface area contributed by atoms with Crippen molar-refractivity contribution in [1.29, 1.82) is 0 Å². The average Bonchev–Trinajstić information content (AvgIpc) is 2.85. The lowest BCUT2D eigenvalue weighted by Crippen LogP contribution is -2.46. The second kappa shape index (κ2) is 6.18. The largest absolute Gasteiger partial charge is 0.394 e. The zero-order valence-corrected chi connectivity index (χ0v) is 10.5. The van der Waals surface area contributed by atoms with Gasteiger partial charge in [0.1, 0.15) is 0 Å². The summed E-state index contributed by atoms with van der Waals surface area (Å²) in [5.41, 5.74) is 1.44. The summed E-state index contributed by atoms with van der Waals surface area (Å²) < 4.78 is 0. The van der Waals surface area contributed by atoms with Crippen molar-refractivity contribution in [1.82, 2.24) is 5.32 Å². The summed E-state index contributed by atoms with van der Waals surface area (Å²) in [6.07, 6.45) is 7.04. The summed E-state index contributed by atoms with van der Waals surface area (Å²) in [4.78, 5) is 0. The van der Waals surface area contributed by atoms with Gasteiger partial charge >= 0.3 is 0 Å². The molecule has 0 aliphatic heterocycles. The molecule has 0 atom stereocenters. The zero-order valence-electron chi connectivity index (χ0n) is 10.5. The first-order valence-corrected chi connectivity index (χ1v) is 6.74. The minimum Gasteiger partial charge on any atom is -0.394 e. The van der Waals surface area contributed by atoms with Crippen LogP contribution in [0.3, 0.4) is 0 Å². The van der Waals surface area contributed by atoms with Crippen LogP contribution in [0.4, 0.5) is 0 Å². The number of benzene rings is 1. The van der Waals surface area contributed by atoms with Crippen LogP contribution < -0.4 is 5.32 Å². The molecule has 0 aromatic heterocycles. The van der Waals surface area contributed by atoms with Crippen molar-refractivity contribution in [3.8, 4) is 0 Å². The fourth-order valence-corrected chi connectivity index (χ4v) is 2.73. The van der Waals surface area contributed by atoms with Crippen molar-refractivity contribution >= 4 is 0 Å². The van der Waals surface area contributed by atoms with Gasteiger partial charge in [-0.2, -0.15) is 0 Å². The van der Waals surface area contributed by atoms with E-state index in [9.17, 15) is 5.11 Å². The van der Waals surface area contributed by atoms with Gasteiger partial charge in [-0.25, -0.2) is 0 Å². The molecule has 1 aromatic carbocycles. The van der Waals surface area contributed by atoms with Crippen LogP contribution in [0.15, 0.2) is 30.3 Å². The number of nitrogens with one attached hydrogen (secondary N) is 1. The minimum absolute atomic E-state index is 0.0384. The lowest BCUT2D eigenvalue weighted by molar-refractivity contribution is 0.164. The van der Waals surface area contributed by atoms with E-state index in [1.54, 1.807) is 0 Å². The molecule has 0 spiro atoms. The summed E-state index contributed by atoms with van der Waals surface area (Å²) in [6.45, 7) is 1.30. The fourth-order valence-electron chi connectivity index (χ4n) is 2.73. The van der Waals surface area contributed by atoms with Crippen molar-refractivity contribution in [2.75, 3.05) is 13.2 Å². The van der Waals surface area contributed by atoms with E-state index in [-0.39, 0.29) is 5.54 Å². The number of hydrogen-bond donors (Lipinski definition) is 2. The Kier molecular flexibility index (Phi) is 4.57. The van der Waals surface area contributed by atoms with Gasteiger partial charge in [0.2, 0.25) is 0 Å². The van der Waals surface area contributed by atoms with Crippen LogP contribution >= 0.6 is 0 Å². The van der Waals surface area contributed by atoms with Gasteiger partial charge in [-0.05, 0) is 37.8 Å². The van der Waals surface area contributed by atoms with Gasteiger partial charge < -0.3 is 10.4 Å². The minimum atomic E-state index is 0.0384. The lowest BCUT2D eigenvalue weighted by Gasteiger charge is -2.28. The van der Waals surface area contributed by atoms with E-state index in [0.717, 1.165) is 32.2 Å². The Labute approximate surface area is 104 Å². The molecular formula is C15H23NO. The number of hydrogen-bond acceptors (Lipinski definition) is 2. The van der Waals surface area contributed by atoms with E-state index in [1.807, 2.05) is 0 Å². The third kappa shape index (κ3) is 3.55. The second-order valence-electron chi connectivity index (χ2n) is 5.16. The highest BCUT2D eigenvalue weighted by Gasteiger charge is 2.31. The Hall–Kier alpha value is -0.860. The Bertz CT molecular complexity index is 317. The molecule has 0 saturated heterocycles. The van der Waals surface area contributed by atoms with E-state index in [4.69, 9.17) is 0 Å². The molecular weight excluding hydrogens is 210 g/mol. The molecule has 17 heavy (non-hydrogen) atoms. The van der Waals surface area contributed by atoms with Gasteiger partial charge in [0.05, 0.1) is 6.61 Å². The first kappa shape index (κ1) is 12.6. The first-order chi connectivity index (χ1) is 8.35. The van der Waals surface area contributed by atoms with Crippen LogP contribution in [0.2, 0.25) is 0 Å². The second-order valence-corrected chi connectivity index (χ2v) is 5.16. The van der Waals surface area contributed by atoms with Gasteiger partial charge in [0.15, 0.2) is 0 Å². The molecule has 94 valence electrons. The average molecular weight is 233 g/mol. The quantitative estimate of drug-likeness (QED) is 0.740. The Morgan fingerprint density at radius 2 is 1.82 bits per heavy atom. The van der Waals surface area contributed by atoms with Gasteiger partial charge in [0, 0.05) is 5.54 Å². The number of aryl methyl sites for hydroxylation is 1. The zero-order chi connectivity index (χ0) is 12.0. The van der Waals surface area contributed by atoms with E-state index in [0.29, 0.717) is 6.61 Å². The van der Waals surface area contributed by atoms with Crippen molar-refractivity contribution in [3.63, 3.8) is 0 Å². The van der Waals surface area contributed by atoms with Crippen LogP contribution in [0.5, 0.6) is 0 Å². The third-order valence-electron chi connectivity index (χ3n) is 3.85. The smallest absolute Gasteiger partial charge is 0.0613 e. The molecule has 2 nitrogen and oxygen atoms in total. The normalized spacial score (nSPS) is 18.4. The summed E-state index contributed by atoms with van der Waals surface area (Å²) >= 11 is 0. The predicted molar refractivity (Wildman–Crippen MR) is 71.1 cm³/mol. The maximum absolute atomic E-state index is 9.47. The predicted octanol–water partition coefficient (Wildman–Crippen LogP) is 2.51. The Morgan fingerprint density at radius 3 is 2.47 bits per heavy atom. The lowest BCUT2D eigenvalue weighted by atomic mass is 9.98. The van der Waals surface area contributed by atoms with Crippen molar-refractivity contribution in [2.45, 2.75) is 44.1 Å². The van der Waals surface area contributed by atoms with Crippen LogP contribution in [0.25, 0.3) is 0 Å². The van der Waals surface area contributed by atoms with Crippen LogP contribution in [-0.4, -0.2) is 23.8 Å². The maximum Gasteiger partial charge on any atom is 0.0613 e. The van der Waals surface area contributed by atoms with E-state index in [1.165, 1.54) is 18.4 Å². The monoisotopic (exact) mass is 233 g/mol. The molecule has 0 heterocycles. The van der Waals surface area contributed by atoms with E-state index in [2.05, 4.69) is 35.6 Å². The van der Waals surface area contributed by atoms with Crippen LogP contribution in [-0.2, 0) is 6.42 Å². The molecule has 1 fully saturated rings. The Morgan fingerprint density at radius 1 is 1.12 bits per heavy atom. The number of aliphatic hydroxyl groups is 1. The van der Waals surface area contributed by atoms with Gasteiger partial charge in [-0.3, -0.25) is 0 Å². The summed E-state index contributed by atoms with van der Waals surface area (Å²) in [5, 5.41) is 13.0. The summed E-state index contributed by atoms with van der Waals surface area (Å²) in [6, 6.07) is 10.6. The van der Waals surface area contributed by atoms with E-state index >= 15 is 0 Å². The highest BCUT2D eigenvalue weighted by atomic mass is 16.3. The molecule has 2 rings (SSSR count). The molecule has 2 N–H and O–H groups in total. The highest BCUT2D eigenvalue weighted by molar-refractivity contribution is 5.14. The Balaban J connectivity index is 1.69. The standard InChI is InChI=1S/C15H23NO/c17-13-15(10-4-5-11-15)16-12-6-9-14-7-2-1-3-8-14/h1-3,7-8,16-17H,4-6,9-13H2. The molecule has 1 aliphatic carbocycles. The van der Waals surface area contributed by atoms with E-state index < -0.39 is 0 Å². The molecule has 2 heteroatoms. The molecule has 0 radical (unpaired) electrons.